The lowest BCUT2D eigenvalue weighted by molar-refractivity contribution is 0.335. The van der Waals surface area contributed by atoms with Crippen molar-refractivity contribution in [3.05, 3.63) is 35.5 Å². The summed E-state index contributed by atoms with van der Waals surface area (Å²) >= 11 is 0. The van der Waals surface area contributed by atoms with Gasteiger partial charge in [-0.3, -0.25) is 0 Å². The van der Waals surface area contributed by atoms with Gasteiger partial charge in [-0.25, -0.2) is 4.39 Å². The Morgan fingerprint density at radius 2 is 2.05 bits per heavy atom. The van der Waals surface area contributed by atoms with Crippen molar-refractivity contribution in [2.45, 2.75) is 33.1 Å². The van der Waals surface area contributed by atoms with E-state index in [0.717, 1.165) is 12.0 Å². The number of nitrogens with zero attached hydrogens (tertiary/aromatic N) is 2. The van der Waals surface area contributed by atoms with E-state index in [9.17, 15) is 4.39 Å². The minimum absolute atomic E-state index is 0.0471. The third kappa shape index (κ3) is 3.42. The summed E-state index contributed by atoms with van der Waals surface area (Å²) in [7, 11) is 0. The van der Waals surface area contributed by atoms with Gasteiger partial charge < -0.3 is 10.3 Å². The van der Waals surface area contributed by atoms with Gasteiger partial charge in [-0.2, -0.15) is 4.98 Å². The zero-order chi connectivity index (χ0) is 14.7. The number of rotatable bonds is 5. The molecule has 0 spiro atoms. The smallest absolute Gasteiger partial charge is 0.231 e. The molecule has 1 aromatic carbocycles. The molecule has 2 aromatic rings. The van der Waals surface area contributed by atoms with Crippen molar-refractivity contribution in [2.24, 2.45) is 11.7 Å². The average Bonchev–Trinajstić information content (AvgIpc) is 2.84. The minimum Gasteiger partial charge on any atom is -0.339 e. The van der Waals surface area contributed by atoms with Crippen LogP contribution in [0.4, 0.5) is 4.39 Å². The second kappa shape index (κ2) is 6.13. The Kier molecular flexibility index (Phi) is 4.49. The summed E-state index contributed by atoms with van der Waals surface area (Å²) in [5.41, 5.74) is 7.21. The monoisotopic (exact) mass is 277 g/mol. The number of halogens is 1. The molecule has 0 fully saturated rings. The summed E-state index contributed by atoms with van der Waals surface area (Å²) in [5, 5.41) is 3.94. The zero-order valence-electron chi connectivity index (χ0n) is 12.1. The Morgan fingerprint density at radius 1 is 1.30 bits per heavy atom. The van der Waals surface area contributed by atoms with Crippen molar-refractivity contribution in [1.82, 2.24) is 10.1 Å². The fourth-order valence-electron chi connectivity index (χ4n) is 2.25. The molecule has 0 saturated carbocycles. The van der Waals surface area contributed by atoms with Gasteiger partial charge in [-0.1, -0.05) is 19.0 Å². The molecule has 0 saturated heterocycles. The topological polar surface area (TPSA) is 64.9 Å². The Hall–Kier alpha value is -1.75. The molecule has 0 radical (unpaired) electrons. The highest BCUT2D eigenvalue weighted by Crippen LogP contribution is 2.25. The van der Waals surface area contributed by atoms with Gasteiger partial charge in [-0.05, 0) is 43.0 Å². The van der Waals surface area contributed by atoms with Crippen LogP contribution >= 0.6 is 0 Å². The fraction of sp³-hybridized carbons (Fsp3) is 0.467. The highest BCUT2D eigenvalue weighted by Gasteiger charge is 2.19. The van der Waals surface area contributed by atoms with Gasteiger partial charge in [0.25, 0.3) is 0 Å². The Balaban J connectivity index is 2.27. The molecular formula is C15H20FN3O. The Morgan fingerprint density at radius 3 is 2.65 bits per heavy atom. The Labute approximate surface area is 118 Å². The van der Waals surface area contributed by atoms with Gasteiger partial charge in [0.15, 0.2) is 0 Å². The number of aryl methyl sites for hydroxylation is 1. The predicted octanol–water partition coefficient (Wildman–Crippen LogP) is 3.27. The van der Waals surface area contributed by atoms with E-state index in [0.29, 0.717) is 29.7 Å². The van der Waals surface area contributed by atoms with Gasteiger partial charge in [0.2, 0.25) is 11.7 Å². The SMILES string of the molecule is Cc1cc(F)cc(-c2noc(C(CN)CC(C)C)n2)c1. The Bertz CT molecular complexity index is 560. The molecule has 0 bridgehead atoms. The molecular weight excluding hydrogens is 257 g/mol. The van der Waals surface area contributed by atoms with E-state index in [1.807, 2.05) is 13.0 Å². The summed E-state index contributed by atoms with van der Waals surface area (Å²) in [6, 6.07) is 4.70. The van der Waals surface area contributed by atoms with Crippen molar-refractivity contribution in [1.29, 1.82) is 0 Å². The van der Waals surface area contributed by atoms with Crippen molar-refractivity contribution in [2.75, 3.05) is 6.54 Å². The highest BCUT2D eigenvalue weighted by atomic mass is 19.1. The van der Waals surface area contributed by atoms with Crippen LogP contribution in [0, 0.1) is 18.7 Å². The summed E-state index contributed by atoms with van der Waals surface area (Å²) in [4.78, 5) is 4.36. The second-order valence-electron chi connectivity index (χ2n) is 5.54. The molecule has 0 amide bonds. The number of hydrogen-bond acceptors (Lipinski definition) is 4. The predicted molar refractivity (Wildman–Crippen MR) is 75.7 cm³/mol. The van der Waals surface area contributed by atoms with Crippen LogP contribution in [-0.2, 0) is 0 Å². The third-order valence-corrected chi connectivity index (χ3v) is 3.13. The maximum Gasteiger partial charge on any atom is 0.231 e. The summed E-state index contributed by atoms with van der Waals surface area (Å²) < 4.78 is 18.7. The van der Waals surface area contributed by atoms with Gasteiger partial charge >= 0.3 is 0 Å². The fourth-order valence-corrected chi connectivity index (χ4v) is 2.25. The molecule has 5 heteroatoms. The standard InChI is InChI=1S/C15H20FN3O/c1-9(2)4-12(8-17)15-18-14(19-20-15)11-5-10(3)6-13(16)7-11/h5-7,9,12H,4,8,17H2,1-3H3. The van der Waals surface area contributed by atoms with E-state index < -0.39 is 0 Å². The van der Waals surface area contributed by atoms with Crippen LogP contribution in [0.5, 0.6) is 0 Å². The third-order valence-electron chi connectivity index (χ3n) is 3.13. The molecule has 1 unspecified atom stereocenters. The van der Waals surface area contributed by atoms with Crippen LogP contribution in [0.25, 0.3) is 11.4 Å². The average molecular weight is 277 g/mol. The quantitative estimate of drug-likeness (QED) is 0.911. The first kappa shape index (κ1) is 14.7. The van der Waals surface area contributed by atoms with Crippen LogP contribution in [0.1, 0.15) is 37.6 Å². The lowest BCUT2D eigenvalue weighted by Crippen LogP contribution is -2.15. The first-order valence-corrected chi connectivity index (χ1v) is 6.80. The van der Waals surface area contributed by atoms with Gasteiger partial charge in [0.1, 0.15) is 5.82 Å². The zero-order valence-corrected chi connectivity index (χ0v) is 12.1. The van der Waals surface area contributed by atoms with Gasteiger partial charge in [0.05, 0.1) is 5.92 Å². The van der Waals surface area contributed by atoms with Crippen LogP contribution in [-0.4, -0.2) is 16.7 Å². The van der Waals surface area contributed by atoms with Crippen LogP contribution in [0.3, 0.4) is 0 Å². The molecule has 1 aromatic heterocycles. The summed E-state index contributed by atoms with van der Waals surface area (Å²) in [6.45, 7) is 6.53. The van der Waals surface area contributed by atoms with Crippen molar-refractivity contribution in [3.63, 3.8) is 0 Å². The van der Waals surface area contributed by atoms with E-state index in [1.165, 1.54) is 12.1 Å². The van der Waals surface area contributed by atoms with Crippen LogP contribution < -0.4 is 5.73 Å². The normalized spacial score (nSPS) is 12.9. The van der Waals surface area contributed by atoms with Crippen LogP contribution in [0.2, 0.25) is 0 Å². The van der Waals surface area contributed by atoms with E-state index in [-0.39, 0.29) is 11.7 Å². The van der Waals surface area contributed by atoms with Crippen molar-refractivity contribution < 1.29 is 8.91 Å². The first-order chi connectivity index (χ1) is 9.49. The largest absolute Gasteiger partial charge is 0.339 e. The lowest BCUT2D eigenvalue weighted by atomic mass is 9.97. The summed E-state index contributed by atoms with van der Waals surface area (Å²) in [5.74, 6) is 1.17. The van der Waals surface area contributed by atoms with E-state index in [2.05, 4.69) is 24.0 Å². The van der Waals surface area contributed by atoms with E-state index >= 15 is 0 Å². The minimum atomic E-state index is -0.302. The molecule has 0 aliphatic rings. The molecule has 0 aliphatic heterocycles. The molecule has 2 rings (SSSR count). The maximum absolute atomic E-state index is 13.4. The maximum atomic E-state index is 13.4. The van der Waals surface area contributed by atoms with Crippen molar-refractivity contribution in [3.8, 4) is 11.4 Å². The molecule has 2 N–H and O–H groups in total. The van der Waals surface area contributed by atoms with Crippen molar-refractivity contribution >= 4 is 0 Å². The molecule has 4 nitrogen and oxygen atoms in total. The van der Waals surface area contributed by atoms with Crippen LogP contribution in [0.15, 0.2) is 22.7 Å². The van der Waals surface area contributed by atoms with Gasteiger partial charge in [-0.15, -0.1) is 0 Å². The molecule has 1 heterocycles. The summed E-state index contributed by atoms with van der Waals surface area (Å²) in [6.07, 6.45) is 0.889. The number of benzene rings is 1. The second-order valence-corrected chi connectivity index (χ2v) is 5.54. The van der Waals surface area contributed by atoms with E-state index in [4.69, 9.17) is 10.3 Å². The molecule has 1 atom stereocenters. The first-order valence-electron chi connectivity index (χ1n) is 6.80. The molecule has 20 heavy (non-hydrogen) atoms. The lowest BCUT2D eigenvalue weighted by Gasteiger charge is -2.11. The molecule has 0 aliphatic carbocycles. The number of aromatic nitrogens is 2. The molecule has 108 valence electrons. The number of nitrogens with two attached hydrogens (primary N) is 1. The van der Waals surface area contributed by atoms with Gasteiger partial charge in [0, 0.05) is 12.1 Å². The van der Waals surface area contributed by atoms with E-state index in [1.54, 1.807) is 0 Å². The highest BCUT2D eigenvalue weighted by molar-refractivity contribution is 5.55. The number of hydrogen-bond donors (Lipinski definition) is 1.